The molecule has 2 rings (SSSR count). The highest BCUT2D eigenvalue weighted by atomic mass is 127. The number of nitrogens with zero attached hydrogens (tertiary/aromatic N) is 2. The van der Waals surface area contributed by atoms with Crippen LogP contribution in [0.5, 0.6) is 5.75 Å². The van der Waals surface area contributed by atoms with Crippen molar-refractivity contribution in [2.24, 2.45) is 0 Å². The van der Waals surface area contributed by atoms with Crippen molar-refractivity contribution in [1.29, 1.82) is 0 Å². The van der Waals surface area contributed by atoms with Gasteiger partial charge in [-0.15, -0.1) is 0 Å². The van der Waals surface area contributed by atoms with Crippen LogP contribution < -0.4 is 0 Å². The molecular formula is C9H6BrIN2O. The molecule has 5 heteroatoms. The fraction of sp³-hybridized carbons (Fsp3) is 0. The molecule has 72 valence electrons. The van der Waals surface area contributed by atoms with Gasteiger partial charge in [0, 0.05) is 22.0 Å². The zero-order chi connectivity index (χ0) is 10.1. The Balaban J connectivity index is 2.60. The lowest BCUT2D eigenvalue weighted by Gasteiger charge is -2.06. The highest BCUT2D eigenvalue weighted by molar-refractivity contribution is 14.1. The normalized spacial score (nSPS) is 10.4. The van der Waals surface area contributed by atoms with E-state index >= 15 is 0 Å². The summed E-state index contributed by atoms with van der Waals surface area (Å²) in [5.74, 6) is 0.218. The van der Waals surface area contributed by atoms with Gasteiger partial charge in [-0.25, -0.2) is 4.68 Å². The summed E-state index contributed by atoms with van der Waals surface area (Å²) in [5.41, 5.74) is 0.872. The Kier molecular flexibility index (Phi) is 2.78. The maximum Gasteiger partial charge on any atom is 0.131 e. The Bertz CT molecular complexity index is 456. The Morgan fingerprint density at radius 3 is 2.86 bits per heavy atom. The van der Waals surface area contributed by atoms with Gasteiger partial charge in [0.25, 0.3) is 0 Å². The van der Waals surface area contributed by atoms with Crippen LogP contribution in [0.25, 0.3) is 5.69 Å². The molecule has 0 bridgehead atoms. The molecule has 1 aromatic heterocycles. The van der Waals surface area contributed by atoms with E-state index in [4.69, 9.17) is 0 Å². The third-order valence-electron chi connectivity index (χ3n) is 1.77. The molecule has 1 N–H and O–H groups in total. The van der Waals surface area contributed by atoms with Crippen LogP contribution in [-0.4, -0.2) is 14.9 Å². The van der Waals surface area contributed by atoms with Gasteiger partial charge in [0.2, 0.25) is 0 Å². The molecule has 0 saturated heterocycles. The second-order valence-electron chi connectivity index (χ2n) is 2.71. The standard InChI is InChI=1S/C9H6BrIN2O/c10-6-4-7(11)8(5-9(6)14)13-3-1-2-12-13/h1-5,14H. The van der Waals surface area contributed by atoms with E-state index in [0.717, 1.165) is 9.26 Å². The van der Waals surface area contributed by atoms with Crippen LogP contribution in [0, 0.1) is 3.57 Å². The fourth-order valence-electron chi connectivity index (χ4n) is 1.11. The van der Waals surface area contributed by atoms with Crippen molar-refractivity contribution in [3.05, 3.63) is 38.6 Å². The summed E-state index contributed by atoms with van der Waals surface area (Å²) in [6.45, 7) is 0. The molecular weight excluding hydrogens is 359 g/mol. The predicted molar refractivity (Wildman–Crippen MR) is 65.6 cm³/mol. The number of benzene rings is 1. The Labute approximate surface area is 103 Å². The van der Waals surface area contributed by atoms with E-state index < -0.39 is 0 Å². The third kappa shape index (κ3) is 1.78. The molecule has 1 heterocycles. The largest absolute Gasteiger partial charge is 0.507 e. The summed E-state index contributed by atoms with van der Waals surface area (Å²) in [4.78, 5) is 0. The number of halogens is 2. The number of aromatic hydroxyl groups is 1. The first-order valence-corrected chi connectivity index (χ1v) is 5.73. The zero-order valence-electron chi connectivity index (χ0n) is 6.98. The van der Waals surface area contributed by atoms with Crippen LogP contribution in [0.3, 0.4) is 0 Å². The average molecular weight is 365 g/mol. The molecule has 0 spiro atoms. The first-order chi connectivity index (χ1) is 6.68. The third-order valence-corrected chi connectivity index (χ3v) is 3.27. The zero-order valence-corrected chi connectivity index (χ0v) is 10.7. The fourth-order valence-corrected chi connectivity index (χ4v) is 2.60. The molecule has 0 radical (unpaired) electrons. The molecule has 2 aromatic rings. The number of phenols is 1. The average Bonchev–Trinajstić information content (AvgIpc) is 2.64. The lowest BCUT2D eigenvalue weighted by atomic mass is 10.3. The highest BCUT2D eigenvalue weighted by Gasteiger charge is 2.07. The number of hydrogen-bond acceptors (Lipinski definition) is 2. The minimum atomic E-state index is 0.218. The Morgan fingerprint density at radius 2 is 2.21 bits per heavy atom. The van der Waals surface area contributed by atoms with Crippen molar-refractivity contribution in [3.63, 3.8) is 0 Å². The quantitative estimate of drug-likeness (QED) is 0.790. The van der Waals surface area contributed by atoms with Crippen LogP contribution in [0.15, 0.2) is 35.1 Å². The lowest BCUT2D eigenvalue weighted by molar-refractivity contribution is 0.471. The minimum Gasteiger partial charge on any atom is -0.507 e. The molecule has 1 aromatic carbocycles. The first kappa shape index (κ1) is 9.97. The number of aromatic nitrogens is 2. The maximum atomic E-state index is 9.53. The summed E-state index contributed by atoms with van der Waals surface area (Å²) in [6, 6.07) is 5.38. The number of rotatable bonds is 1. The van der Waals surface area contributed by atoms with Crippen LogP contribution in [0.2, 0.25) is 0 Å². The van der Waals surface area contributed by atoms with Gasteiger partial charge in [0.15, 0.2) is 0 Å². The number of hydrogen-bond donors (Lipinski definition) is 1. The van der Waals surface area contributed by atoms with Gasteiger partial charge >= 0.3 is 0 Å². The molecule has 0 unspecified atom stereocenters. The van der Waals surface area contributed by atoms with Crippen molar-refractivity contribution in [2.45, 2.75) is 0 Å². The lowest BCUT2D eigenvalue weighted by Crippen LogP contribution is -1.97. The molecule has 0 saturated carbocycles. The maximum absolute atomic E-state index is 9.53. The summed E-state index contributed by atoms with van der Waals surface area (Å²) in [6.07, 6.45) is 3.54. The van der Waals surface area contributed by atoms with Crippen molar-refractivity contribution in [1.82, 2.24) is 9.78 Å². The van der Waals surface area contributed by atoms with Gasteiger partial charge in [-0.05, 0) is 50.7 Å². The van der Waals surface area contributed by atoms with E-state index in [2.05, 4.69) is 43.6 Å². The van der Waals surface area contributed by atoms with E-state index in [0.29, 0.717) is 4.47 Å². The molecule has 0 amide bonds. The molecule has 0 aliphatic carbocycles. The van der Waals surface area contributed by atoms with Gasteiger partial charge in [0.05, 0.1) is 10.2 Å². The first-order valence-electron chi connectivity index (χ1n) is 3.86. The monoisotopic (exact) mass is 364 g/mol. The van der Waals surface area contributed by atoms with Crippen LogP contribution >= 0.6 is 38.5 Å². The second kappa shape index (κ2) is 3.90. The van der Waals surface area contributed by atoms with Crippen molar-refractivity contribution < 1.29 is 5.11 Å². The van der Waals surface area contributed by atoms with Crippen molar-refractivity contribution in [3.8, 4) is 11.4 Å². The van der Waals surface area contributed by atoms with Crippen LogP contribution in [-0.2, 0) is 0 Å². The molecule has 3 nitrogen and oxygen atoms in total. The van der Waals surface area contributed by atoms with Gasteiger partial charge in [-0.2, -0.15) is 5.10 Å². The van der Waals surface area contributed by atoms with E-state index in [1.807, 2.05) is 18.3 Å². The van der Waals surface area contributed by atoms with E-state index in [1.54, 1.807) is 16.9 Å². The number of phenolic OH excluding ortho intramolecular Hbond substituents is 1. The van der Waals surface area contributed by atoms with Crippen molar-refractivity contribution in [2.75, 3.05) is 0 Å². The predicted octanol–water partition coefficient (Wildman–Crippen LogP) is 2.95. The van der Waals surface area contributed by atoms with Gasteiger partial charge in [0.1, 0.15) is 5.75 Å². The summed E-state index contributed by atoms with van der Waals surface area (Å²) in [5, 5.41) is 13.6. The van der Waals surface area contributed by atoms with Crippen LogP contribution in [0.4, 0.5) is 0 Å². The summed E-state index contributed by atoms with van der Waals surface area (Å²) < 4.78 is 3.43. The molecule has 0 fully saturated rings. The summed E-state index contributed by atoms with van der Waals surface area (Å²) in [7, 11) is 0. The van der Waals surface area contributed by atoms with Crippen molar-refractivity contribution >= 4 is 38.5 Å². The molecule has 0 atom stereocenters. The van der Waals surface area contributed by atoms with Gasteiger partial charge in [-0.1, -0.05) is 0 Å². The Morgan fingerprint density at radius 1 is 1.43 bits per heavy atom. The molecule has 0 aliphatic heterocycles. The SMILES string of the molecule is Oc1cc(-n2cccn2)c(I)cc1Br. The van der Waals surface area contributed by atoms with E-state index in [1.165, 1.54) is 0 Å². The highest BCUT2D eigenvalue weighted by Crippen LogP contribution is 2.29. The topological polar surface area (TPSA) is 38.0 Å². The van der Waals surface area contributed by atoms with E-state index in [9.17, 15) is 5.11 Å². The Hall–Kier alpha value is -0.560. The second-order valence-corrected chi connectivity index (χ2v) is 4.72. The minimum absolute atomic E-state index is 0.218. The van der Waals surface area contributed by atoms with E-state index in [-0.39, 0.29) is 5.75 Å². The molecule has 0 aliphatic rings. The van der Waals surface area contributed by atoms with Crippen LogP contribution in [0.1, 0.15) is 0 Å². The van der Waals surface area contributed by atoms with Gasteiger partial charge < -0.3 is 5.11 Å². The summed E-state index contributed by atoms with van der Waals surface area (Å²) >= 11 is 5.46. The van der Waals surface area contributed by atoms with Gasteiger partial charge in [-0.3, -0.25) is 0 Å². The smallest absolute Gasteiger partial charge is 0.131 e. The molecule has 14 heavy (non-hydrogen) atoms.